The van der Waals surface area contributed by atoms with Gasteiger partial charge >= 0.3 is 0 Å². The smallest absolute Gasteiger partial charge is 0.240 e. The number of ether oxygens (including phenoxy) is 3. The monoisotopic (exact) mass is 527 g/mol. The molecule has 1 heterocycles. The van der Waals surface area contributed by atoms with E-state index in [1.165, 1.54) is 0 Å². The van der Waals surface area contributed by atoms with Gasteiger partial charge in [-0.05, 0) is 36.4 Å². The second-order valence-electron chi connectivity index (χ2n) is 8.87. The Balaban J connectivity index is 1.46. The Morgan fingerprint density at radius 1 is 0.806 bits per heavy atom. The number of hydrogen-bond acceptors (Lipinski definition) is 6. The topological polar surface area (TPSA) is 73.9 Å². The number of sulfonamides is 1. The standard InChI is InChI=1S/C28H33NO5S2/c1-21-13-15-24(16-14-21)36(30,31)29-27-25(19-32-17-22-9-5-3-6-10-22)34-26(28(27)35-2)20-33-18-23-11-7-4-8-12-23/h3-16,25-29H,17-20H2,1-2H3/t25-,26-,27-,28-/m1/s1. The summed E-state index contributed by atoms with van der Waals surface area (Å²) in [5.41, 5.74) is 3.13. The average Bonchev–Trinajstić information content (AvgIpc) is 3.20. The maximum absolute atomic E-state index is 13.3. The minimum atomic E-state index is -3.74. The van der Waals surface area contributed by atoms with Crippen LogP contribution in [0.5, 0.6) is 0 Å². The van der Waals surface area contributed by atoms with E-state index in [1.54, 1.807) is 36.0 Å². The van der Waals surface area contributed by atoms with E-state index in [2.05, 4.69) is 4.72 Å². The molecule has 6 nitrogen and oxygen atoms in total. The van der Waals surface area contributed by atoms with Gasteiger partial charge in [0.25, 0.3) is 0 Å². The minimum absolute atomic E-state index is 0.133. The molecule has 1 aliphatic rings. The summed E-state index contributed by atoms with van der Waals surface area (Å²) in [5.74, 6) is 0. The quantitative estimate of drug-likeness (QED) is 0.372. The van der Waals surface area contributed by atoms with Crippen molar-refractivity contribution in [2.45, 2.75) is 48.5 Å². The van der Waals surface area contributed by atoms with E-state index in [-0.39, 0.29) is 22.9 Å². The molecule has 8 heteroatoms. The first-order chi connectivity index (χ1) is 17.5. The van der Waals surface area contributed by atoms with E-state index in [0.717, 1.165) is 16.7 Å². The highest BCUT2D eigenvalue weighted by Gasteiger charge is 2.46. The minimum Gasteiger partial charge on any atom is -0.374 e. The summed E-state index contributed by atoms with van der Waals surface area (Å²) in [4.78, 5) is 0.237. The van der Waals surface area contributed by atoms with E-state index < -0.39 is 22.2 Å². The van der Waals surface area contributed by atoms with Gasteiger partial charge in [0.1, 0.15) is 0 Å². The molecular formula is C28H33NO5S2. The molecule has 0 spiro atoms. The predicted octanol–water partition coefficient (Wildman–Crippen LogP) is 4.57. The maximum Gasteiger partial charge on any atom is 0.240 e. The van der Waals surface area contributed by atoms with Gasteiger partial charge in [-0.25, -0.2) is 13.1 Å². The van der Waals surface area contributed by atoms with E-state index in [9.17, 15) is 8.42 Å². The summed E-state index contributed by atoms with van der Waals surface area (Å²) in [6, 6.07) is 26.2. The summed E-state index contributed by atoms with van der Waals surface area (Å²) in [6.45, 7) is 3.45. The maximum atomic E-state index is 13.3. The number of rotatable bonds is 12. The Labute approximate surface area is 218 Å². The average molecular weight is 528 g/mol. The molecule has 0 unspecified atom stereocenters. The Hall–Kier alpha value is -2.20. The fourth-order valence-corrected chi connectivity index (χ4v) is 6.60. The molecule has 1 N–H and O–H groups in total. The fourth-order valence-electron chi connectivity index (χ4n) is 4.25. The first-order valence-corrected chi connectivity index (χ1v) is 14.7. The van der Waals surface area contributed by atoms with Crippen LogP contribution >= 0.6 is 11.8 Å². The van der Waals surface area contributed by atoms with Gasteiger partial charge in [0, 0.05) is 0 Å². The van der Waals surface area contributed by atoms with Crippen LogP contribution in [0.25, 0.3) is 0 Å². The molecule has 0 amide bonds. The van der Waals surface area contributed by atoms with Crippen LogP contribution in [0, 0.1) is 6.92 Å². The van der Waals surface area contributed by atoms with Crippen LogP contribution in [0.15, 0.2) is 89.8 Å². The van der Waals surface area contributed by atoms with Gasteiger partial charge in [-0.3, -0.25) is 0 Å². The van der Waals surface area contributed by atoms with E-state index in [4.69, 9.17) is 14.2 Å². The second-order valence-corrected chi connectivity index (χ2v) is 11.6. The lowest BCUT2D eigenvalue weighted by molar-refractivity contribution is -0.0529. The van der Waals surface area contributed by atoms with Crippen molar-refractivity contribution in [1.82, 2.24) is 4.72 Å². The highest BCUT2D eigenvalue weighted by molar-refractivity contribution is 7.99. The molecule has 0 aromatic heterocycles. The van der Waals surface area contributed by atoms with Crippen LogP contribution in [-0.2, 0) is 37.4 Å². The van der Waals surface area contributed by atoms with Crippen LogP contribution < -0.4 is 4.72 Å². The van der Waals surface area contributed by atoms with Gasteiger partial charge < -0.3 is 14.2 Å². The summed E-state index contributed by atoms with van der Waals surface area (Å²) in [5, 5.41) is -0.133. The zero-order chi connectivity index (χ0) is 25.4. The van der Waals surface area contributed by atoms with Gasteiger partial charge in [-0.1, -0.05) is 78.4 Å². The van der Waals surface area contributed by atoms with Gasteiger partial charge in [-0.15, -0.1) is 0 Å². The van der Waals surface area contributed by atoms with Crippen LogP contribution in [0.3, 0.4) is 0 Å². The molecule has 3 aromatic rings. The zero-order valence-electron chi connectivity index (χ0n) is 20.6. The number of nitrogens with one attached hydrogen (secondary N) is 1. The lowest BCUT2D eigenvalue weighted by atomic mass is 10.1. The van der Waals surface area contributed by atoms with Crippen LogP contribution in [0.2, 0.25) is 0 Å². The molecule has 4 atom stereocenters. The molecule has 192 valence electrons. The Morgan fingerprint density at radius 2 is 1.33 bits per heavy atom. The number of aryl methyl sites for hydroxylation is 1. The molecule has 4 rings (SSSR count). The largest absolute Gasteiger partial charge is 0.374 e. The van der Waals surface area contributed by atoms with E-state index in [1.807, 2.05) is 73.8 Å². The zero-order valence-corrected chi connectivity index (χ0v) is 22.2. The van der Waals surface area contributed by atoms with Crippen LogP contribution in [0.4, 0.5) is 0 Å². The Morgan fingerprint density at radius 3 is 1.86 bits per heavy atom. The van der Waals surface area contributed by atoms with Gasteiger partial charge in [-0.2, -0.15) is 11.8 Å². The van der Waals surface area contributed by atoms with Gasteiger partial charge in [0.2, 0.25) is 10.0 Å². The summed E-state index contributed by atoms with van der Waals surface area (Å²) < 4.78 is 47.7. The van der Waals surface area contributed by atoms with E-state index in [0.29, 0.717) is 19.8 Å². The van der Waals surface area contributed by atoms with Crippen molar-refractivity contribution in [3.05, 3.63) is 102 Å². The number of benzene rings is 3. The molecule has 36 heavy (non-hydrogen) atoms. The van der Waals surface area contributed by atoms with Crippen molar-refractivity contribution in [3.8, 4) is 0 Å². The Kier molecular flexibility index (Phi) is 9.59. The van der Waals surface area contributed by atoms with Crippen LogP contribution in [-0.4, -0.2) is 51.4 Å². The van der Waals surface area contributed by atoms with Gasteiger partial charge in [0.05, 0.1) is 54.8 Å². The number of thioether (sulfide) groups is 1. The molecular weight excluding hydrogens is 494 g/mol. The summed E-state index contributed by atoms with van der Waals surface area (Å²) in [7, 11) is -3.74. The predicted molar refractivity (Wildman–Crippen MR) is 143 cm³/mol. The van der Waals surface area contributed by atoms with Crippen molar-refractivity contribution in [3.63, 3.8) is 0 Å². The highest BCUT2D eigenvalue weighted by Crippen LogP contribution is 2.32. The third kappa shape index (κ3) is 7.18. The third-order valence-electron chi connectivity index (χ3n) is 6.15. The molecule has 0 bridgehead atoms. The van der Waals surface area contributed by atoms with Gasteiger partial charge in [0.15, 0.2) is 0 Å². The van der Waals surface area contributed by atoms with Crippen molar-refractivity contribution < 1.29 is 22.6 Å². The second kappa shape index (κ2) is 12.9. The lowest BCUT2D eigenvalue weighted by Crippen LogP contribution is -2.48. The van der Waals surface area contributed by atoms with Crippen molar-refractivity contribution in [1.29, 1.82) is 0 Å². The molecule has 1 saturated heterocycles. The molecule has 0 aliphatic carbocycles. The van der Waals surface area contributed by atoms with E-state index >= 15 is 0 Å². The third-order valence-corrected chi connectivity index (χ3v) is 8.77. The molecule has 1 fully saturated rings. The molecule has 0 radical (unpaired) electrons. The van der Waals surface area contributed by atoms with Crippen LogP contribution in [0.1, 0.15) is 16.7 Å². The lowest BCUT2D eigenvalue weighted by Gasteiger charge is -2.24. The normalized spacial score (nSPS) is 22.1. The van der Waals surface area contributed by atoms with Crippen molar-refractivity contribution in [2.75, 3.05) is 19.5 Å². The fraction of sp³-hybridized carbons (Fsp3) is 0.357. The molecule has 3 aromatic carbocycles. The number of hydrogen-bond donors (Lipinski definition) is 1. The van der Waals surface area contributed by atoms with Crippen molar-refractivity contribution >= 4 is 21.8 Å². The molecule has 0 saturated carbocycles. The highest BCUT2D eigenvalue weighted by atomic mass is 32.2. The van der Waals surface area contributed by atoms with Crippen molar-refractivity contribution in [2.24, 2.45) is 0 Å². The molecule has 1 aliphatic heterocycles. The Bertz CT molecular complexity index is 1170. The summed E-state index contributed by atoms with van der Waals surface area (Å²) >= 11 is 1.58. The SMILES string of the molecule is CS[C@H]1[C@H](NS(=O)(=O)c2ccc(C)cc2)[C@@H](COCc2ccccc2)O[C@@H]1COCc1ccccc1. The first kappa shape index (κ1) is 26.9. The first-order valence-electron chi connectivity index (χ1n) is 12.0. The summed E-state index contributed by atoms with van der Waals surface area (Å²) in [6.07, 6.45) is 1.25.